The molecule has 1 atom stereocenters. The van der Waals surface area contributed by atoms with E-state index in [0.717, 1.165) is 5.56 Å². The predicted octanol–water partition coefficient (Wildman–Crippen LogP) is 2.78. The number of benzene rings is 1. The molecule has 2 rings (SSSR count). The Balaban J connectivity index is 2.53. The summed E-state index contributed by atoms with van der Waals surface area (Å²) in [7, 11) is 0. The molecule has 1 heterocycles. The minimum absolute atomic E-state index is 0.357. The second kappa shape index (κ2) is 4.26. The number of rotatable bonds is 2. The van der Waals surface area contributed by atoms with Crippen molar-refractivity contribution < 1.29 is 9.50 Å². The van der Waals surface area contributed by atoms with Gasteiger partial charge in [0.05, 0.1) is 0 Å². The monoisotopic (exact) mass is 231 g/mol. The van der Waals surface area contributed by atoms with Crippen LogP contribution in [0.25, 0.3) is 0 Å². The number of aromatic nitrogens is 1. The molecule has 2 aromatic rings. The molecule has 3 heteroatoms. The van der Waals surface area contributed by atoms with Crippen LogP contribution in [-0.4, -0.2) is 10.1 Å². The molecule has 0 aliphatic rings. The second-order valence-corrected chi connectivity index (χ2v) is 4.27. The van der Waals surface area contributed by atoms with Gasteiger partial charge in [0, 0.05) is 18.0 Å². The highest BCUT2D eigenvalue weighted by Gasteiger charge is 2.27. The average molecular weight is 231 g/mol. The van der Waals surface area contributed by atoms with E-state index in [2.05, 4.69) is 4.98 Å². The topological polar surface area (TPSA) is 33.1 Å². The van der Waals surface area contributed by atoms with Gasteiger partial charge in [0.25, 0.3) is 0 Å². The lowest BCUT2D eigenvalue weighted by molar-refractivity contribution is 0.101. The van der Waals surface area contributed by atoms with Crippen LogP contribution >= 0.6 is 0 Å². The first-order valence-electron chi connectivity index (χ1n) is 5.41. The lowest BCUT2D eigenvalue weighted by Gasteiger charge is -2.25. The zero-order valence-corrected chi connectivity index (χ0v) is 9.81. The number of nitrogens with zero attached hydrogens (tertiary/aromatic N) is 1. The number of hydrogen-bond acceptors (Lipinski definition) is 2. The predicted molar refractivity (Wildman–Crippen MR) is 64.0 cm³/mol. The van der Waals surface area contributed by atoms with Crippen molar-refractivity contribution in [2.24, 2.45) is 0 Å². The minimum atomic E-state index is -1.24. The lowest BCUT2D eigenvalue weighted by Crippen LogP contribution is -2.24. The Labute approximate surface area is 99.8 Å². The molecule has 1 aromatic heterocycles. The van der Waals surface area contributed by atoms with E-state index in [1.165, 1.54) is 12.1 Å². The Morgan fingerprint density at radius 1 is 1.29 bits per heavy atom. The number of pyridine rings is 1. The number of aryl methyl sites for hydroxylation is 1. The first-order chi connectivity index (χ1) is 8.01. The van der Waals surface area contributed by atoms with E-state index in [9.17, 15) is 9.50 Å². The summed E-state index contributed by atoms with van der Waals surface area (Å²) in [6, 6.07) is 7.81. The first-order valence-corrected chi connectivity index (χ1v) is 5.41. The molecule has 0 spiro atoms. The molecule has 0 amide bonds. The summed E-state index contributed by atoms with van der Waals surface area (Å²) >= 11 is 0. The molecule has 2 nitrogen and oxygen atoms in total. The molecule has 0 saturated heterocycles. The molecule has 1 N–H and O–H groups in total. The molecular formula is C14H14FNO. The Hall–Kier alpha value is -1.74. The van der Waals surface area contributed by atoms with Crippen LogP contribution in [0.2, 0.25) is 0 Å². The van der Waals surface area contributed by atoms with Crippen molar-refractivity contribution >= 4 is 0 Å². The van der Waals surface area contributed by atoms with Crippen LogP contribution in [0.3, 0.4) is 0 Å². The third-order valence-corrected chi connectivity index (χ3v) is 2.95. The third kappa shape index (κ3) is 2.19. The standard InChI is InChI=1S/C14H14FNO/c1-10-6-7-16-9-13(10)14(2,17)11-4-3-5-12(15)8-11/h3-9,17H,1-2H3. The van der Waals surface area contributed by atoms with Crippen LogP contribution in [0.1, 0.15) is 23.6 Å². The smallest absolute Gasteiger partial charge is 0.123 e. The number of aliphatic hydroxyl groups is 1. The maximum absolute atomic E-state index is 13.2. The summed E-state index contributed by atoms with van der Waals surface area (Å²) in [5.41, 5.74) is 0.897. The zero-order chi connectivity index (χ0) is 12.5. The van der Waals surface area contributed by atoms with Crippen molar-refractivity contribution in [2.75, 3.05) is 0 Å². The molecule has 0 bridgehead atoms. The van der Waals surface area contributed by atoms with Crippen molar-refractivity contribution in [3.8, 4) is 0 Å². The quantitative estimate of drug-likeness (QED) is 0.862. The van der Waals surface area contributed by atoms with Gasteiger partial charge in [0.1, 0.15) is 11.4 Å². The van der Waals surface area contributed by atoms with Gasteiger partial charge in [-0.2, -0.15) is 0 Å². The van der Waals surface area contributed by atoms with Crippen LogP contribution in [0.4, 0.5) is 4.39 Å². The van der Waals surface area contributed by atoms with Crippen molar-refractivity contribution in [2.45, 2.75) is 19.4 Å². The lowest BCUT2D eigenvalue weighted by atomic mass is 9.87. The Bertz CT molecular complexity index is 537. The molecule has 88 valence electrons. The third-order valence-electron chi connectivity index (χ3n) is 2.95. The highest BCUT2D eigenvalue weighted by molar-refractivity contribution is 5.37. The largest absolute Gasteiger partial charge is 0.381 e. The average Bonchev–Trinajstić information content (AvgIpc) is 2.29. The van der Waals surface area contributed by atoms with Crippen molar-refractivity contribution in [1.29, 1.82) is 0 Å². The van der Waals surface area contributed by atoms with Crippen molar-refractivity contribution in [1.82, 2.24) is 4.98 Å². The van der Waals surface area contributed by atoms with Gasteiger partial charge in [-0.15, -0.1) is 0 Å². The molecule has 0 saturated carbocycles. The molecule has 0 radical (unpaired) electrons. The summed E-state index contributed by atoms with van der Waals surface area (Å²) < 4.78 is 13.2. The highest BCUT2D eigenvalue weighted by Crippen LogP contribution is 2.30. The van der Waals surface area contributed by atoms with E-state index in [1.807, 2.05) is 13.0 Å². The van der Waals surface area contributed by atoms with E-state index in [4.69, 9.17) is 0 Å². The minimum Gasteiger partial charge on any atom is -0.381 e. The molecule has 0 fully saturated rings. The normalized spacial score (nSPS) is 14.4. The van der Waals surface area contributed by atoms with E-state index >= 15 is 0 Å². The fourth-order valence-electron chi connectivity index (χ4n) is 1.92. The molecule has 0 aliphatic heterocycles. The van der Waals surface area contributed by atoms with E-state index in [0.29, 0.717) is 11.1 Å². The summed E-state index contributed by atoms with van der Waals surface area (Å²) in [4.78, 5) is 4.01. The maximum atomic E-state index is 13.2. The van der Waals surface area contributed by atoms with Gasteiger partial charge in [-0.3, -0.25) is 4.98 Å². The molecule has 17 heavy (non-hydrogen) atoms. The Kier molecular flexibility index (Phi) is 2.94. The highest BCUT2D eigenvalue weighted by atomic mass is 19.1. The van der Waals surface area contributed by atoms with Crippen LogP contribution in [0, 0.1) is 12.7 Å². The van der Waals surface area contributed by atoms with Gasteiger partial charge in [-0.1, -0.05) is 12.1 Å². The van der Waals surface area contributed by atoms with Crippen molar-refractivity contribution in [3.05, 3.63) is 65.2 Å². The summed E-state index contributed by atoms with van der Waals surface area (Å²) in [5, 5.41) is 10.6. The fourth-order valence-corrected chi connectivity index (χ4v) is 1.92. The molecule has 1 unspecified atom stereocenters. The van der Waals surface area contributed by atoms with Crippen LogP contribution < -0.4 is 0 Å². The van der Waals surface area contributed by atoms with Crippen LogP contribution in [-0.2, 0) is 5.60 Å². The SMILES string of the molecule is Cc1ccncc1C(C)(O)c1cccc(F)c1. The molecule has 0 aliphatic carbocycles. The van der Waals surface area contributed by atoms with Gasteiger partial charge in [-0.05, 0) is 43.2 Å². The van der Waals surface area contributed by atoms with Gasteiger partial charge >= 0.3 is 0 Å². The number of halogens is 1. The summed E-state index contributed by atoms with van der Waals surface area (Å²) in [6.07, 6.45) is 3.28. The van der Waals surface area contributed by atoms with Gasteiger partial charge < -0.3 is 5.11 Å². The molecular weight excluding hydrogens is 217 g/mol. The first kappa shape index (κ1) is 11.7. The maximum Gasteiger partial charge on any atom is 0.123 e. The van der Waals surface area contributed by atoms with Gasteiger partial charge in [0.2, 0.25) is 0 Å². The zero-order valence-electron chi connectivity index (χ0n) is 9.81. The van der Waals surface area contributed by atoms with E-state index < -0.39 is 5.60 Å². The van der Waals surface area contributed by atoms with Crippen molar-refractivity contribution in [3.63, 3.8) is 0 Å². The van der Waals surface area contributed by atoms with Gasteiger partial charge in [0.15, 0.2) is 0 Å². The second-order valence-electron chi connectivity index (χ2n) is 4.27. The van der Waals surface area contributed by atoms with Gasteiger partial charge in [-0.25, -0.2) is 4.39 Å². The van der Waals surface area contributed by atoms with E-state index in [1.54, 1.807) is 31.5 Å². The van der Waals surface area contributed by atoms with Crippen LogP contribution in [0.5, 0.6) is 0 Å². The Morgan fingerprint density at radius 3 is 2.71 bits per heavy atom. The molecule has 1 aromatic carbocycles. The van der Waals surface area contributed by atoms with E-state index in [-0.39, 0.29) is 5.82 Å². The number of hydrogen-bond donors (Lipinski definition) is 1. The fraction of sp³-hybridized carbons (Fsp3) is 0.214. The van der Waals surface area contributed by atoms with Crippen LogP contribution in [0.15, 0.2) is 42.7 Å². The Morgan fingerprint density at radius 2 is 2.06 bits per heavy atom. The summed E-state index contributed by atoms with van der Waals surface area (Å²) in [5.74, 6) is -0.357. The summed E-state index contributed by atoms with van der Waals surface area (Å²) in [6.45, 7) is 3.54.